The minimum Gasteiger partial charge on any atom is -0.312 e. The molecule has 0 radical (unpaired) electrons. The van der Waals surface area contributed by atoms with E-state index in [2.05, 4.69) is 51.4 Å². The van der Waals surface area contributed by atoms with E-state index in [1.54, 1.807) is 0 Å². The van der Waals surface area contributed by atoms with Crippen molar-refractivity contribution in [2.45, 2.75) is 52.6 Å². The van der Waals surface area contributed by atoms with Crippen LogP contribution in [0.4, 0.5) is 0 Å². The number of nitrogens with one attached hydrogen (secondary N) is 1. The zero-order chi connectivity index (χ0) is 12.1. The summed E-state index contributed by atoms with van der Waals surface area (Å²) in [5.41, 5.74) is 1.39. The number of hydrogen-bond acceptors (Lipinski definition) is 2. The maximum Gasteiger partial charge on any atom is 0.0455 e. The highest BCUT2D eigenvalue weighted by atomic mass is 15.2. The van der Waals surface area contributed by atoms with E-state index in [4.69, 9.17) is 0 Å². The lowest BCUT2D eigenvalue weighted by Gasteiger charge is -2.46. The molecule has 0 bridgehead atoms. The van der Waals surface area contributed by atoms with E-state index < -0.39 is 0 Å². The molecule has 0 aliphatic heterocycles. The van der Waals surface area contributed by atoms with Crippen LogP contribution in [0.25, 0.3) is 0 Å². The first kappa shape index (κ1) is 14.7. The van der Waals surface area contributed by atoms with Crippen molar-refractivity contribution in [2.24, 2.45) is 0 Å². The van der Waals surface area contributed by atoms with Crippen molar-refractivity contribution in [3.8, 4) is 0 Å². The molecule has 0 rings (SSSR count). The molecule has 0 aromatic rings. The van der Waals surface area contributed by atoms with E-state index >= 15 is 0 Å². The fourth-order valence-corrected chi connectivity index (χ4v) is 2.64. The van der Waals surface area contributed by atoms with Gasteiger partial charge >= 0.3 is 0 Å². The molecule has 0 spiro atoms. The molecule has 0 aromatic heterocycles. The topological polar surface area (TPSA) is 15.3 Å². The van der Waals surface area contributed by atoms with Gasteiger partial charge in [-0.3, -0.25) is 4.90 Å². The summed E-state index contributed by atoms with van der Waals surface area (Å²) in [6.07, 6.45) is 1.13. The van der Waals surface area contributed by atoms with E-state index in [0.29, 0.717) is 6.04 Å². The second-order valence-corrected chi connectivity index (χ2v) is 4.45. The van der Waals surface area contributed by atoms with E-state index in [-0.39, 0.29) is 5.54 Å². The molecule has 0 heterocycles. The van der Waals surface area contributed by atoms with Gasteiger partial charge in [0.25, 0.3) is 0 Å². The molecule has 2 nitrogen and oxygen atoms in total. The second-order valence-electron chi connectivity index (χ2n) is 4.45. The number of rotatable bonds is 7. The van der Waals surface area contributed by atoms with E-state index in [0.717, 1.165) is 19.5 Å². The van der Waals surface area contributed by atoms with Crippen LogP contribution in [0.3, 0.4) is 0 Å². The van der Waals surface area contributed by atoms with E-state index in [9.17, 15) is 0 Å². The predicted octanol–water partition coefficient (Wildman–Crippen LogP) is 2.66. The van der Waals surface area contributed by atoms with Gasteiger partial charge in [0.15, 0.2) is 0 Å². The third kappa shape index (κ3) is 3.05. The molecule has 0 saturated carbocycles. The molecule has 0 aliphatic carbocycles. The second kappa shape index (κ2) is 6.29. The standard InChI is InChI=1S/C13H28N2/c1-8-13(6,15(9-2)10-3)12(14-7)11(4)5/h12,14H,4,8-10H2,1-3,5-7H3. The van der Waals surface area contributed by atoms with Crippen molar-refractivity contribution < 1.29 is 0 Å². The predicted molar refractivity (Wildman–Crippen MR) is 69.3 cm³/mol. The van der Waals surface area contributed by atoms with Crippen LogP contribution in [0, 0.1) is 0 Å². The number of nitrogens with zero attached hydrogens (tertiary/aromatic N) is 1. The summed E-state index contributed by atoms with van der Waals surface area (Å²) in [6, 6.07) is 0.363. The molecule has 0 saturated heterocycles. The van der Waals surface area contributed by atoms with Gasteiger partial charge in [-0.15, -0.1) is 0 Å². The maximum atomic E-state index is 4.10. The highest BCUT2D eigenvalue weighted by Gasteiger charge is 2.36. The first-order chi connectivity index (χ1) is 6.97. The summed E-state index contributed by atoms with van der Waals surface area (Å²) in [6.45, 7) is 17.4. The third-order valence-corrected chi connectivity index (χ3v) is 3.61. The molecular formula is C13H28N2. The zero-order valence-electron chi connectivity index (χ0n) is 11.4. The van der Waals surface area contributed by atoms with Crippen LogP contribution in [0.5, 0.6) is 0 Å². The van der Waals surface area contributed by atoms with Crippen LogP contribution >= 0.6 is 0 Å². The lowest BCUT2D eigenvalue weighted by molar-refractivity contribution is 0.0855. The average Bonchev–Trinajstić information content (AvgIpc) is 2.19. The molecule has 90 valence electrons. The molecule has 0 amide bonds. The molecule has 0 fully saturated rings. The summed E-state index contributed by atoms with van der Waals surface area (Å²) >= 11 is 0. The van der Waals surface area contributed by atoms with Crippen molar-refractivity contribution in [2.75, 3.05) is 20.1 Å². The normalized spacial score (nSPS) is 17.5. The Morgan fingerprint density at radius 2 is 1.80 bits per heavy atom. The minimum absolute atomic E-state index is 0.171. The molecule has 2 atom stereocenters. The average molecular weight is 212 g/mol. The van der Waals surface area contributed by atoms with Gasteiger partial charge in [0.05, 0.1) is 0 Å². The van der Waals surface area contributed by atoms with Crippen molar-refractivity contribution in [3.63, 3.8) is 0 Å². The quantitative estimate of drug-likeness (QED) is 0.653. The Balaban J connectivity index is 5.02. The highest BCUT2D eigenvalue weighted by Crippen LogP contribution is 2.26. The smallest absolute Gasteiger partial charge is 0.0455 e. The Bertz CT molecular complexity index is 197. The van der Waals surface area contributed by atoms with Crippen LogP contribution in [-0.4, -0.2) is 36.6 Å². The largest absolute Gasteiger partial charge is 0.312 e. The van der Waals surface area contributed by atoms with Gasteiger partial charge in [0.2, 0.25) is 0 Å². The summed E-state index contributed by atoms with van der Waals surface area (Å²) in [4.78, 5) is 2.52. The first-order valence-corrected chi connectivity index (χ1v) is 6.05. The number of hydrogen-bond donors (Lipinski definition) is 1. The highest BCUT2D eigenvalue weighted by molar-refractivity contribution is 5.13. The van der Waals surface area contributed by atoms with Crippen molar-refractivity contribution in [3.05, 3.63) is 12.2 Å². The van der Waals surface area contributed by atoms with Gasteiger partial charge in [0, 0.05) is 11.6 Å². The first-order valence-electron chi connectivity index (χ1n) is 6.05. The van der Waals surface area contributed by atoms with Gasteiger partial charge < -0.3 is 5.32 Å². The van der Waals surface area contributed by atoms with Crippen LogP contribution < -0.4 is 5.32 Å². The molecule has 2 unspecified atom stereocenters. The summed E-state index contributed by atoms with van der Waals surface area (Å²) in [7, 11) is 2.02. The third-order valence-electron chi connectivity index (χ3n) is 3.61. The van der Waals surface area contributed by atoms with Crippen LogP contribution in [0.2, 0.25) is 0 Å². The minimum atomic E-state index is 0.171. The molecule has 0 aliphatic rings. The Morgan fingerprint density at radius 3 is 2.00 bits per heavy atom. The number of likely N-dealkylation sites (N-methyl/N-ethyl adjacent to an activating group) is 2. The SMILES string of the molecule is C=C(C)C(NC)C(C)(CC)N(CC)CC. The Morgan fingerprint density at radius 1 is 1.33 bits per heavy atom. The van der Waals surface area contributed by atoms with Crippen LogP contribution in [0.1, 0.15) is 41.0 Å². The summed E-state index contributed by atoms with van der Waals surface area (Å²) < 4.78 is 0. The zero-order valence-corrected chi connectivity index (χ0v) is 11.4. The summed E-state index contributed by atoms with van der Waals surface area (Å²) in [5, 5.41) is 3.40. The van der Waals surface area contributed by atoms with Gasteiger partial charge in [-0.1, -0.05) is 32.9 Å². The lowest BCUT2D eigenvalue weighted by atomic mass is 9.83. The molecule has 1 N–H and O–H groups in total. The van der Waals surface area contributed by atoms with Crippen molar-refractivity contribution >= 4 is 0 Å². The van der Waals surface area contributed by atoms with Gasteiger partial charge in [0.1, 0.15) is 0 Å². The molecular weight excluding hydrogens is 184 g/mol. The molecule has 2 heteroatoms. The van der Waals surface area contributed by atoms with E-state index in [1.165, 1.54) is 5.57 Å². The van der Waals surface area contributed by atoms with Crippen molar-refractivity contribution in [1.29, 1.82) is 0 Å². The van der Waals surface area contributed by atoms with Crippen molar-refractivity contribution in [1.82, 2.24) is 10.2 Å². The van der Waals surface area contributed by atoms with E-state index in [1.807, 2.05) is 7.05 Å². The maximum absolute atomic E-state index is 4.10. The van der Waals surface area contributed by atoms with Crippen LogP contribution in [0.15, 0.2) is 12.2 Å². The molecule has 15 heavy (non-hydrogen) atoms. The fourth-order valence-electron chi connectivity index (χ4n) is 2.64. The fraction of sp³-hybridized carbons (Fsp3) is 0.846. The van der Waals surface area contributed by atoms with Gasteiger partial charge in [-0.05, 0) is 40.4 Å². The lowest BCUT2D eigenvalue weighted by Crippen LogP contribution is -2.58. The Hall–Kier alpha value is -0.340. The Kier molecular flexibility index (Phi) is 6.15. The molecule has 0 aromatic carbocycles. The van der Waals surface area contributed by atoms with Gasteiger partial charge in [-0.25, -0.2) is 0 Å². The monoisotopic (exact) mass is 212 g/mol. The summed E-state index contributed by atoms with van der Waals surface area (Å²) in [5.74, 6) is 0. The van der Waals surface area contributed by atoms with Crippen LogP contribution in [-0.2, 0) is 0 Å². The van der Waals surface area contributed by atoms with Gasteiger partial charge in [-0.2, -0.15) is 0 Å². The Labute approximate surface area is 95.7 Å².